The molecule has 0 bridgehead atoms. The molecule has 1 heterocycles. The van der Waals surface area contributed by atoms with E-state index in [2.05, 4.69) is 0 Å². The summed E-state index contributed by atoms with van der Waals surface area (Å²) in [6, 6.07) is 10.4. The van der Waals surface area contributed by atoms with E-state index in [0.29, 0.717) is 0 Å². The molecular weight excluding hydrogens is 314 g/mol. The van der Waals surface area contributed by atoms with Gasteiger partial charge in [-0.05, 0) is 11.6 Å². The van der Waals surface area contributed by atoms with Gasteiger partial charge in [0.1, 0.15) is 11.3 Å². The van der Waals surface area contributed by atoms with Crippen LogP contribution in [0.5, 0.6) is 17.2 Å². The van der Waals surface area contributed by atoms with Crippen molar-refractivity contribution < 1.29 is 23.9 Å². The third-order valence-corrected chi connectivity index (χ3v) is 3.57. The highest BCUT2D eigenvalue weighted by Crippen LogP contribution is 2.49. The first kappa shape index (κ1) is 15.5. The van der Waals surface area contributed by atoms with Crippen LogP contribution < -0.4 is 14.2 Å². The summed E-state index contributed by atoms with van der Waals surface area (Å²) >= 11 is 0. The fraction of sp³-hybridized carbons (Fsp3) is 0.118. The molecule has 7 nitrogen and oxygen atoms in total. The molecule has 0 atom stereocenters. The molecule has 0 spiro atoms. The monoisotopic (exact) mass is 327 g/mol. The summed E-state index contributed by atoms with van der Waals surface area (Å²) in [6.45, 7) is 0. The zero-order valence-electron chi connectivity index (χ0n) is 12.9. The van der Waals surface area contributed by atoms with Crippen LogP contribution in [-0.4, -0.2) is 24.9 Å². The van der Waals surface area contributed by atoms with Gasteiger partial charge < -0.3 is 14.2 Å². The van der Waals surface area contributed by atoms with Gasteiger partial charge in [-0.1, -0.05) is 30.3 Å². The van der Waals surface area contributed by atoms with Crippen molar-refractivity contribution in [3.63, 3.8) is 0 Å². The molecule has 0 radical (unpaired) electrons. The van der Waals surface area contributed by atoms with Crippen LogP contribution in [0.1, 0.15) is 15.9 Å². The van der Waals surface area contributed by atoms with Gasteiger partial charge in [0, 0.05) is 6.07 Å². The fourth-order valence-electron chi connectivity index (χ4n) is 2.48. The van der Waals surface area contributed by atoms with E-state index in [9.17, 15) is 14.9 Å². The smallest absolute Gasteiger partial charge is 0.354 e. The molecule has 2 aromatic carbocycles. The highest BCUT2D eigenvalue weighted by Gasteiger charge is 2.40. The number of carbonyl (C=O) groups is 1. The molecule has 122 valence electrons. The number of hydrogen-bond donors (Lipinski definition) is 0. The number of nitro groups is 1. The van der Waals surface area contributed by atoms with Crippen molar-refractivity contribution in [2.75, 3.05) is 14.2 Å². The van der Waals surface area contributed by atoms with Crippen molar-refractivity contribution >= 4 is 17.5 Å². The van der Waals surface area contributed by atoms with Gasteiger partial charge in [-0.15, -0.1) is 0 Å². The normalized spacial score (nSPS) is 14.2. The van der Waals surface area contributed by atoms with Crippen molar-refractivity contribution in [1.82, 2.24) is 0 Å². The van der Waals surface area contributed by atoms with Crippen molar-refractivity contribution in [1.29, 1.82) is 0 Å². The third-order valence-electron chi connectivity index (χ3n) is 3.57. The number of nitrogens with zero attached hydrogens (tertiary/aromatic N) is 1. The van der Waals surface area contributed by atoms with Crippen LogP contribution in [0.25, 0.3) is 6.08 Å². The molecule has 0 saturated heterocycles. The van der Waals surface area contributed by atoms with E-state index in [1.54, 1.807) is 12.1 Å². The van der Waals surface area contributed by atoms with Crippen LogP contribution in [0.3, 0.4) is 0 Å². The summed E-state index contributed by atoms with van der Waals surface area (Å²) in [6.07, 6.45) is 1.53. The lowest BCUT2D eigenvalue weighted by molar-refractivity contribution is -0.386. The quantitative estimate of drug-likeness (QED) is 0.487. The van der Waals surface area contributed by atoms with Crippen molar-refractivity contribution in [3.8, 4) is 17.2 Å². The predicted octanol–water partition coefficient (Wildman–Crippen LogP) is 3.23. The van der Waals surface area contributed by atoms with Crippen LogP contribution in [0.2, 0.25) is 0 Å². The Morgan fingerprint density at radius 3 is 2.38 bits per heavy atom. The van der Waals surface area contributed by atoms with Gasteiger partial charge >= 0.3 is 5.69 Å². The topological polar surface area (TPSA) is 87.9 Å². The number of ether oxygens (including phenoxy) is 3. The Labute approximate surface area is 137 Å². The summed E-state index contributed by atoms with van der Waals surface area (Å²) in [5.41, 5.74) is 0.354. The minimum Gasteiger partial charge on any atom is -0.496 e. The highest BCUT2D eigenvalue weighted by atomic mass is 16.6. The van der Waals surface area contributed by atoms with E-state index < -0.39 is 16.4 Å². The largest absolute Gasteiger partial charge is 0.496 e. The number of nitro benzene ring substituents is 1. The molecular formula is C17H13NO6. The van der Waals surface area contributed by atoms with Crippen LogP contribution in [-0.2, 0) is 0 Å². The van der Waals surface area contributed by atoms with Gasteiger partial charge in [0.25, 0.3) is 0 Å². The van der Waals surface area contributed by atoms with Gasteiger partial charge in [-0.25, -0.2) is 0 Å². The van der Waals surface area contributed by atoms with E-state index >= 15 is 0 Å². The van der Waals surface area contributed by atoms with E-state index in [-0.39, 0.29) is 28.6 Å². The summed E-state index contributed by atoms with van der Waals surface area (Å²) in [5.74, 6) is -0.524. The van der Waals surface area contributed by atoms with Crippen LogP contribution in [0.4, 0.5) is 5.69 Å². The second kappa shape index (κ2) is 6.04. The Hall–Kier alpha value is -3.35. The first-order valence-electron chi connectivity index (χ1n) is 6.99. The molecule has 0 unspecified atom stereocenters. The molecule has 0 aromatic heterocycles. The molecule has 3 rings (SSSR count). The molecule has 7 heteroatoms. The first-order valence-corrected chi connectivity index (χ1v) is 6.99. The standard InChI is InChI=1S/C17H13NO6/c1-22-11-9-12(23-2)15(18(20)21)17-14(11)16(19)13(24-17)8-10-6-4-3-5-7-10/h3-9H,1-2H3. The number of fused-ring (bicyclic) bond motifs is 1. The average Bonchev–Trinajstić information content (AvgIpc) is 2.90. The fourth-order valence-corrected chi connectivity index (χ4v) is 2.48. The zero-order valence-corrected chi connectivity index (χ0v) is 12.9. The second-order valence-electron chi connectivity index (χ2n) is 4.94. The Morgan fingerprint density at radius 1 is 1.12 bits per heavy atom. The first-order chi connectivity index (χ1) is 11.6. The second-order valence-corrected chi connectivity index (χ2v) is 4.94. The molecule has 0 aliphatic carbocycles. The molecule has 0 saturated carbocycles. The van der Waals surface area contributed by atoms with E-state index in [4.69, 9.17) is 14.2 Å². The maximum atomic E-state index is 12.6. The number of methoxy groups -OCH3 is 2. The number of allylic oxidation sites excluding steroid dienone is 1. The maximum absolute atomic E-state index is 12.6. The van der Waals surface area contributed by atoms with Gasteiger partial charge in [0.2, 0.25) is 17.3 Å². The molecule has 2 aromatic rings. The van der Waals surface area contributed by atoms with Gasteiger partial charge in [-0.2, -0.15) is 0 Å². The molecule has 1 aliphatic rings. The SMILES string of the molecule is COc1cc(OC)c([N+](=O)[O-])c2c1C(=O)C(=Cc1ccccc1)O2. The van der Waals surface area contributed by atoms with Crippen LogP contribution in [0.15, 0.2) is 42.2 Å². The van der Waals surface area contributed by atoms with Crippen LogP contribution >= 0.6 is 0 Å². The number of Topliss-reactive ketones (excluding diaryl/α,β-unsaturated/α-hetero) is 1. The Kier molecular flexibility index (Phi) is 3.91. The number of ketones is 1. The van der Waals surface area contributed by atoms with Crippen molar-refractivity contribution in [2.24, 2.45) is 0 Å². The van der Waals surface area contributed by atoms with Crippen molar-refractivity contribution in [2.45, 2.75) is 0 Å². The number of rotatable bonds is 4. The molecule has 0 fully saturated rings. The summed E-state index contributed by atoms with van der Waals surface area (Å²) in [4.78, 5) is 23.4. The number of carbonyl (C=O) groups excluding carboxylic acids is 1. The molecule has 0 N–H and O–H groups in total. The summed E-state index contributed by atoms with van der Waals surface area (Å²) in [5, 5.41) is 11.4. The lowest BCUT2D eigenvalue weighted by atomic mass is 10.1. The third kappa shape index (κ3) is 2.45. The van der Waals surface area contributed by atoms with E-state index in [1.165, 1.54) is 26.4 Å². The Balaban J connectivity index is 2.18. The zero-order chi connectivity index (χ0) is 17.3. The molecule has 24 heavy (non-hydrogen) atoms. The molecule has 1 aliphatic heterocycles. The predicted molar refractivity (Wildman–Crippen MR) is 85.6 cm³/mol. The van der Waals surface area contributed by atoms with Gasteiger partial charge in [0.15, 0.2) is 5.76 Å². The Morgan fingerprint density at radius 2 is 1.79 bits per heavy atom. The summed E-state index contributed by atoms with van der Waals surface area (Å²) in [7, 11) is 2.67. The van der Waals surface area contributed by atoms with Gasteiger partial charge in [0.05, 0.1) is 19.1 Å². The minimum atomic E-state index is -0.643. The number of hydrogen-bond acceptors (Lipinski definition) is 6. The molecule has 0 amide bonds. The lowest BCUT2D eigenvalue weighted by Crippen LogP contribution is -2.01. The van der Waals surface area contributed by atoms with Crippen LogP contribution in [0, 0.1) is 10.1 Å². The number of benzene rings is 2. The van der Waals surface area contributed by atoms with E-state index in [1.807, 2.05) is 18.2 Å². The van der Waals surface area contributed by atoms with Crippen molar-refractivity contribution in [3.05, 3.63) is 63.4 Å². The van der Waals surface area contributed by atoms with E-state index in [0.717, 1.165) is 5.56 Å². The maximum Gasteiger partial charge on any atom is 0.354 e. The minimum absolute atomic E-state index is 0.00847. The lowest BCUT2D eigenvalue weighted by Gasteiger charge is -2.08. The van der Waals surface area contributed by atoms with Gasteiger partial charge in [-0.3, -0.25) is 14.9 Å². The average molecular weight is 327 g/mol. The highest BCUT2D eigenvalue weighted by molar-refractivity contribution is 6.17. The Bertz CT molecular complexity index is 857. The summed E-state index contributed by atoms with van der Waals surface area (Å²) < 4.78 is 15.7.